The third-order valence-corrected chi connectivity index (χ3v) is 2.60. The lowest BCUT2D eigenvalue weighted by Crippen LogP contribution is -2.20. The minimum atomic E-state index is -0.268. The van der Waals surface area contributed by atoms with Crippen molar-refractivity contribution < 1.29 is 4.79 Å². The van der Waals surface area contributed by atoms with Gasteiger partial charge in [-0.05, 0) is 6.42 Å². The zero-order chi connectivity index (χ0) is 9.03. The molecule has 0 bridgehead atoms. The predicted molar refractivity (Wildman–Crippen MR) is 48.1 cm³/mol. The maximum absolute atomic E-state index is 10.7. The number of carbonyl (C=O) groups excluding carboxylic acids is 1. The molecule has 0 aliphatic rings. The Balaban J connectivity index is 2.66. The smallest absolute Gasteiger partial charge is 0.126 e. The Bertz CT molecular complexity index is 248. The van der Waals surface area contributed by atoms with Crippen molar-refractivity contribution in [2.45, 2.75) is 26.7 Å². The molecule has 0 aliphatic carbocycles. The first kappa shape index (κ1) is 9.32. The molecule has 0 N–H and O–H groups in total. The van der Waals surface area contributed by atoms with Crippen LogP contribution < -0.4 is 0 Å². The Hall–Kier alpha value is -0.770. The van der Waals surface area contributed by atoms with Crippen LogP contribution in [0.15, 0.2) is 6.20 Å². The Labute approximate surface area is 76.1 Å². The normalized spacial score (nSPS) is 15.5. The molecule has 0 radical (unpaired) electrons. The van der Waals surface area contributed by atoms with Crippen LogP contribution in [0.1, 0.15) is 26.0 Å². The Morgan fingerprint density at radius 1 is 1.75 bits per heavy atom. The maximum Gasteiger partial charge on any atom is 0.126 e. The molecule has 1 aromatic heterocycles. The molecular formula is C8H12N2OS. The topological polar surface area (TPSA) is 42.9 Å². The lowest BCUT2D eigenvalue weighted by Gasteiger charge is -2.18. The molecule has 12 heavy (non-hydrogen) atoms. The summed E-state index contributed by atoms with van der Waals surface area (Å²) in [6.45, 7) is 3.95. The summed E-state index contributed by atoms with van der Waals surface area (Å²) in [7, 11) is 0. The van der Waals surface area contributed by atoms with Crippen molar-refractivity contribution in [1.82, 2.24) is 8.75 Å². The van der Waals surface area contributed by atoms with E-state index in [1.807, 2.05) is 13.8 Å². The van der Waals surface area contributed by atoms with Gasteiger partial charge in [0, 0.05) is 11.8 Å². The molecule has 1 unspecified atom stereocenters. The van der Waals surface area contributed by atoms with Gasteiger partial charge in [-0.3, -0.25) is 0 Å². The summed E-state index contributed by atoms with van der Waals surface area (Å²) in [6.07, 6.45) is 4.27. The standard InChI is InChI=1S/C8H12N2OS/c1-3-8(2,6-11)4-7-5-9-12-10-7/h5-6H,3-4H2,1-2H3. The lowest BCUT2D eigenvalue weighted by atomic mass is 9.85. The van der Waals surface area contributed by atoms with E-state index in [0.29, 0.717) is 6.42 Å². The van der Waals surface area contributed by atoms with Gasteiger partial charge in [-0.15, -0.1) is 0 Å². The van der Waals surface area contributed by atoms with Crippen LogP contribution in [-0.4, -0.2) is 15.0 Å². The molecule has 66 valence electrons. The molecule has 4 heteroatoms. The highest BCUT2D eigenvalue weighted by Crippen LogP contribution is 2.22. The molecule has 0 spiro atoms. The second-order valence-electron chi connectivity index (χ2n) is 3.20. The monoisotopic (exact) mass is 184 g/mol. The third-order valence-electron chi connectivity index (χ3n) is 2.08. The van der Waals surface area contributed by atoms with Crippen LogP contribution in [-0.2, 0) is 11.2 Å². The third kappa shape index (κ3) is 2.11. The van der Waals surface area contributed by atoms with E-state index in [1.165, 1.54) is 11.7 Å². The molecule has 3 nitrogen and oxygen atoms in total. The van der Waals surface area contributed by atoms with E-state index in [2.05, 4.69) is 8.75 Å². The molecule has 0 aliphatic heterocycles. The minimum Gasteiger partial charge on any atom is -0.303 e. The van der Waals surface area contributed by atoms with Crippen molar-refractivity contribution in [2.75, 3.05) is 0 Å². The summed E-state index contributed by atoms with van der Waals surface area (Å²) in [6, 6.07) is 0. The van der Waals surface area contributed by atoms with E-state index >= 15 is 0 Å². The quantitative estimate of drug-likeness (QED) is 0.669. The van der Waals surface area contributed by atoms with Gasteiger partial charge in [0.15, 0.2) is 0 Å². The number of carbonyl (C=O) groups is 1. The molecule has 1 atom stereocenters. The van der Waals surface area contributed by atoms with Crippen molar-refractivity contribution in [3.63, 3.8) is 0 Å². The number of aromatic nitrogens is 2. The van der Waals surface area contributed by atoms with Crippen LogP contribution in [0.4, 0.5) is 0 Å². The highest BCUT2D eigenvalue weighted by atomic mass is 32.1. The van der Waals surface area contributed by atoms with Crippen LogP contribution in [0.5, 0.6) is 0 Å². The van der Waals surface area contributed by atoms with Crippen molar-refractivity contribution in [1.29, 1.82) is 0 Å². The van der Waals surface area contributed by atoms with Crippen molar-refractivity contribution in [3.05, 3.63) is 11.9 Å². The van der Waals surface area contributed by atoms with Gasteiger partial charge in [-0.1, -0.05) is 13.8 Å². The zero-order valence-corrected chi connectivity index (χ0v) is 8.10. The van der Waals surface area contributed by atoms with Gasteiger partial charge >= 0.3 is 0 Å². The summed E-state index contributed by atoms with van der Waals surface area (Å²) in [5, 5.41) is 0. The van der Waals surface area contributed by atoms with Gasteiger partial charge in [-0.25, -0.2) is 0 Å². The van der Waals surface area contributed by atoms with Crippen LogP contribution in [0.3, 0.4) is 0 Å². The summed E-state index contributed by atoms with van der Waals surface area (Å²) >= 11 is 1.19. The summed E-state index contributed by atoms with van der Waals surface area (Å²) < 4.78 is 7.96. The van der Waals surface area contributed by atoms with E-state index in [1.54, 1.807) is 6.20 Å². The second kappa shape index (κ2) is 3.76. The van der Waals surface area contributed by atoms with Gasteiger partial charge in [0.05, 0.1) is 23.6 Å². The number of hydrogen-bond acceptors (Lipinski definition) is 4. The van der Waals surface area contributed by atoms with Crippen LogP contribution in [0.25, 0.3) is 0 Å². The number of rotatable bonds is 4. The second-order valence-corrected chi connectivity index (χ2v) is 3.76. The number of hydrogen-bond donors (Lipinski definition) is 0. The molecule has 1 aromatic rings. The Kier molecular flexibility index (Phi) is 2.92. The van der Waals surface area contributed by atoms with Gasteiger partial charge in [0.1, 0.15) is 6.29 Å². The molecule has 0 fully saturated rings. The molecule has 0 aromatic carbocycles. The molecule has 0 saturated heterocycles. The molecule has 0 saturated carbocycles. The first-order chi connectivity index (χ1) is 5.70. The summed E-state index contributed by atoms with van der Waals surface area (Å²) in [5.74, 6) is 0. The van der Waals surface area contributed by atoms with Gasteiger partial charge in [0.2, 0.25) is 0 Å². The number of nitrogens with zero attached hydrogens (tertiary/aromatic N) is 2. The SMILES string of the molecule is CCC(C)(C=O)Cc1cnsn1. The fourth-order valence-electron chi connectivity index (χ4n) is 0.926. The molecular weight excluding hydrogens is 172 g/mol. The highest BCUT2D eigenvalue weighted by Gasteiger charge is 2.22. The number of aldehydes is 1. The first-order valence-electron chi connectivity index (χ1n) is 3.93. The molecule has 0 amide bonds. The van der Waals surface area contributed by atoms with E-state index in [-0.39, 0.29) is 5.41 Å². The minimum absolute atomic E-state index is 0.268. The fraction of sp³-hybridized carbons (Fsp3) is 0.625. The Morgan fingerprint density at radius 3 is 2.92 bits per heavy atom. The van der Waals surface area contributed by atoms with E-state index in [4.69, 9.17) is 0 Å². The fourth-order valence-corrected chi connectivity index (χ4v) is 1.36. The maximum atomic E-state index is 10.7. The van der Waals surface area contributed by atoms with Crippen molar-refractivity contribution in [2.24, 2.45) is 5.41 Å². The van der Waals surface area contributed by atoms with Crippen molar-refractivity contribution >= 4 is 18.0 Å². The lowest BCUT2D eigenvalue weighted by molar-refractivity contribution is -0.115. The molecule has 1 heterocycles. The van der Waals surface area contributed by atoms with E-state index in [0.717, 1.165) is 18.4 Å². The van der Waals surface area contributed by atoms with E-state index in [9.17, 15) is 4.79 Å². The summed E-state index contributed by atoms with van der Waals surface area (Å²) in [5.41, 5.74) is 0.645. The van der Waals surface area contributed by atoms with Crippen LogP contribution in [0, 0.1) is 5.41 Å². The average Bonchev–Trinajstić information content (AvgIpc) is 2.57. The van der Waals surface area contributed by atoms with Gasteiger partial charge < -0.3 is 4.79 Å². The predicted octanol–water partition coefficient (Wildman–Crippen LogP) is 1.70. The zero-order valence-electron chi connectivity index (χ0n) is 7.28. The van der Waals surface area contributed by atoms with Gasteiger partial charge in [0.25, 0.3) is 0 Å². The summed E-state index contributed by atoms with van der Waals surface area (Å²) in [4.78, 5) is 10.7. The van der Waals surface area contributed by atoms with Gasteiger partial charge in [-0.2, -0.15) is 8.75 Å². The molecule has 1 rings (SSSR count). The van der Waals surface area contributed by atoms with Crippen LogP contribution in [0.2, 0.25) is 0 Å². The van der Waals surface area contributed by atoms with Crippen LogP contribution >= 0.6 is 11.7 Å². The Morgan fingerprint density at radius 2 is 2.50 bits per heavy atom. The van der Waals surface area contributed by atoms with E-state index < -0.39 is 0 Å². The van der Waals surface area contributed by atoms with Crippen molar-refractivity contribution in [3.8, 4) is 0 Å². The first-order valence-corrected chi connectivity index (χ1v) is 4.66. The highest BCUT2D eigenvalue weighted by molar-refractivity contribution is 6.99. The average molecular weight is 184 g/mol. The largest absolute Gasteiger partial charge is 0.303 e.